The Hall–Kier alpha value is -1.78. The molecule has 0 spiro atoms. The molecule has 1 atom stereocenters. The van der Waals surface area contributed by atoms with Crippen LogP contribution in [0.4, 0.5) is 0 Å². The second-order valence-electron chi connectivity index (χ2n) is 4.10. The molecule has 1 aliphatic heterocycles. The van der Waals surface area contributed by atoms with Crippen molar-refractivity contribution in [2.24, 2.45) is 0 Å². The second kappa shape index (κ2) is 5.03. The van der Waals surface area contributed by atoms with Gasteiger partial charge in [-0.05, 0) is 25.6 Å². The van der Waals surface area contributed by atoms with Gasteiger partial charge in [0.15, 0.2) is 5.69 Å². The summed E-state index contributed by atoms with van der Waals surface area (Å²) in [5, 5.41) is 0. The Labute approximate surface area is 101 Å². The van der Waals surface area contributed by atoms with Crippen LogP contribution in [0.5, 0.6) is 0 Å². The van der Waals surface area contributed by atoms with Gasteiger partial charge in [-0.25, -0.2) is 9.78 Å². The van der Waals surface area contributed by atoms with E-state index in [9.17, 15) is 4.79 Å². The van der Waals surface area contributed by atoms with E-state index in [0.29, 0.717) is 12.3 Å². The molecule has 5 nitrogen and oxygen atoms in total. The van der Waals surface area contributed by atoms with Gasteiger partial charge in [0.1, 0.15) is 0 Å². The molecule has 0 bridgehead atoms. The summed E-state index contributed by atoms with van der Waals surface area (Å²) in [6.07, 6.45) is 8.62. The molecular weight excluding hydrogens is 218 g/mol. The maximum Gasteiger partial charge on any atom is 0.358 e. The lowest BCUT2D eigenvalue weighted by atomic mass is 10.1. The maximum absolute atomic E-state index is 11.5. The monoisotopic (exact) mass is 235 g/mol. The number of allylic oxidation sites excluding steroid dienone is 1. The summed E-state index contributed by atoms with van der Waals surface area (Å²) in [7, 11) is 2.05. The van der Waals surface area contributed by atoms with E-state index in [-0.39, 0.29) is 12.0 Å². The first-order valence-corrected chi connectivity index (χ1v) is 5.80. The highest BCUT2D eigenvalue weighted by molar-refractivity contribution is 5.86. The lowest BCUT2D eigenvalue weighted by molar-refractivity contribution is 0.0520. The van der Waals surface area contributed by atoms with Gasteiger partial charge >= 0.3 is 5.97 Å². The number of esters is 1. The fraction of sp³-hybridized carbons (Fsp3) is 0.500. The summed E-state index contributed by atoms with van der Waals surface area (Å²) in [5.41, 5.74) is 0.374. The molecule has 2 heterocycles. The van der Waals surface area contributed by atoms with Crippen molar-refractivity contribution < 1.29 is 9.53 Å². The van der Waals surface area contributed by atoms with Crippen molar-refractivity contribution in [1.82, 2.24) is 14.5 Å². The minimum absolute atomic E-state index is 0.280. The molecule has 1 aliphatic rings. The standard InChI is InChI=1S/C12H17N3O2/c1-3-17-12(16)11-8-15(9-13-11)10-4-6-14(2)7-5-10/h4,6,8-10H,3,5,7H2,1-2H3. The van der Waals surface area contributed by atoms with E-state index < -0.39 is 0 Å². The summed E-state index contributed by atoms with van der Waals surface area (Å²) in [5.74, 6) is -0.358. The summed E-state index contributed by atoms with van der Waals surface area (Å²) in [6, 6.07) is 0.280. The normalized spacial score (nSPS) is 19.4. The molecule has 0 saturated heterocycles. The number of imidazole rings is 1. The first-order chi connectivity index (χ1) is 8.20. The summed E-state index contributed by atoms with van der Waals surface area (Å²) in [4.78, 5) is 17.7. The van der Waals surface area contributed by atoms with E-state index in [0.717, 1.165) is 13.0 Å². The minimum Gasteiger partial charge on any atom is -0.461 e. The molecular formula is C12H17N3O2. The third-order valence-electron chi connectivity index (χ3n) is 2.81. The summed E-state index contributed by atoms with van der Waals surface area (Å²) in [6.45, 7) is 3.17. The van der Waals surface area contributed by atoms with Crippen molar-refractivity contribution >= 4 is 5.97 Å². The van der Waals surface area contributed by atoms with Gasteiger partial charge in [-0.2, -0.15) is 0 Å². The van der Waals surface area contributed by atoms with Crippen LogP contribution < -0.4 is 0 Å². The van der Waals surface area contributed by atoms with Gasteiger partial charge in [0.25, 0.3) is 0 Å². The zero-order chi connectivity index (χ0) is 12.3. The van der Waals surface area contributed by atoms with E-state index >= 15 is 0 Å². The number of carbonyl (C=O) groups excluding carboxylic acids is 1. The van der Waals surface area contributed by atoms with Gasteiger partial charge in [-0.1, -0.05) is 0 Å². The van der Waals surface area contributed by atoms with Crippen LogP contribution in [0.25, 0.3) is 0 Å². The minimum atomic E-state index is -0.358. The second-order valence-corrected chi connectivity index (χ2v) is 4.10. The van der Waals surface area contributed by atoms with Gasteiger partial charge in [0.2, 0.25) is 0 Å². The molecule has 1 unspecified atom stereocenters. The van der Waals surface area contributed by atoms with E-state index in [1.54, 1.807) is 19.4 Å². The van der Waals surface area contributed by atoms with Crippen molar-refractivity contribution in [2.75, 3.05) is 20.2 Å². The Morgan fingerprint density at radius 2 is 2.47 bits per heavy atom. The molecule has 0 aromatic carbocycles. The first kappa shape index (κ1) is 11.7. The van der Waals surface area contributed by atoms with Crippen molar-refractivity contribution in [3.63, 3.8) is 0 Å². The van der Waals surface area contributed by atoms with E-state index in [2.05, 4.69) is 22.2 Å². The molecule has 2 rings (SSSR count). The number of carbonyl (C=O) groups is 1. The topological polar surface area (TPSA) is 47.4 Å². The Kier molecular flexibility index (Phi) is 3.46. The molecule has 0 radical (unpaired) electrons. The van der Waals surface area contributed by atoms with Crippen LogP contribution in [0, 0.1) is 0 Å². The van der Waals surface area contributed by atoms with Gasteiger partial charge in [-0.15, -0.1) is 0 Å². The van der Waals surface area contributed by atoms with Crippen LogP contribution >= 0.6 is 0 Å². The van der Waals surface area contributed by atoms with Crippen molar-refractivity contribution in [2.45, 2.75) is 19.4 Å². The number of hydrogen-bond donors (Lipinski definition) is 0. The number of rotatable bonds is 3. The number of nitrogens with zero attached hydrogens (tertiary/aromatic N) is 3. The molecule has 1 aromatic rings. The highest BCUT2D eigenvalue weighted by atomic mass is 16.5. The van der Waals surface area contributed by atoms with Crippen LogP contribution in [0.3, 0.4) is 0 Å². The van der Waals surface area contributed by atoms with Gasteiger partial charge in [0, 0.05) is 19.8 Å². The Balaban J connectivity index is 2.08. The average molecular weight is 235 g/mol. The molecule has 0 N–H and O–H groups in total. The van der Waals surface area contributed by atoms with Crippen LogP contribution in [0.2, 0.25) is 0 Å². The molecule has 0 saturated carbocycles. The first-order valence-electron chi connectivity index (χ1n) is 5.80. The van der Waals surface area contributed by atoms with Crippen LogP contribution in [0.15, 0.2) is 24.8 Å². The lowest BCUT2D eigenvalue weighted by Crippen LogP contribution is -2.21. The van der Waals surface area contributed by atoms with Crippen LogP contribution in [0.1, 0.15) is 29.9 Å². The Bertz CT molecular complexity index is 425. The van der Waals surface area contributed by atoms with Crippen LogP contribution in [-0.2, 0) is 4.74 Å². The zero-order valence-electron chi connectivity index (χ0n) is 10.2. The van der Waals surface area contributed by atoms with E-state index in [4.69, 9.17) is 4.74 Å². The largest absolute Gasteiger partial charge is 0.461 e. The molecule has 0 aliphatic carbocycles. The Morgan fingerprint density at radius 1 is 1.65 bits per heavy atom. The number of aromatic nitrogens is 2. The van der Waals surface area contributed by atoms with Gasteiger partial charge < -0.3 is 14.2 Å². The zero-order valence-corrected chi connectivity index (χ0v) is 10.2. The molecule has 0 amide bonds. The molecule has 17 heavy (non-hydrogen) atoms. The molecule has 92 valence electrons. The SMILES string of the molecule is CCOC(=O)c1cn(C2C=CN(C)CC2)cn1. The van der Waals surface area contributed by atoms with Crippen molar-refractivity contribution in [3.05, 3.63) is 30.5 Å². The van der Waals surface area contributed by atoms with Crippen molar-refractivity contribution in [1.29, 1.82) is 0 Å². The summed E-state index contributed by atoms with van der Waals surface area (Å²) >= 11 is 0. The predicted molar refractivity (Wildman–Crippen MR) is 63.6 cm³/mol. The van der Waals surface area contributed by atoms with Gasteiger partial charge in [-0.3, -0.25) is 0 Å². The number of hydrogen-bond acceptors (Lipinski definition) is 4. The molecule has 0 fully saturated rings. The summed E-state index contributed by atoms with van der Waals surface area (Å²) < 4.78 is 6.86. The third kappa shape index (κ3) is 2.67. The average Bonchev–Trinajstić information content (AvgIpc) is 2.80. The highest BCUT2D eigenvalue weighted by Gasteiger charge is 2.16. The van der Waals surface area contributed by atoms with E-state index in [1.807, 2.05) is 11.6 Å². The Morgan fingerprint density at radius 3 is 3.12 bits per heavy atom. The van der Waals surface area contributed by atoms with E-state index in [1.165, 1.54) is 0 Å². The molecule has 1 aromatic heterocycles. The lowest BCUT2D eigenvalue weighted by Gasteiger charge is -2.24. The van der Waals surface area contributed by atoms with Crippen molar-refractivity contribution in [3.8, 4) is 0 Å². The fourth-order valence-electron chi connectivity index (χ4n) is 1.83. The van der Waals surface area contributed by atoms with Crippen LogP contribution in [-0.4, -0.2) is 40.6 Å². The fourth-order valence-corrected chi connectivity index (χ4v) is 1.83. The quantitative estimate of drug-likeness (QED) is 0.744. The highest BCUT2D eigenvalue weighted by Crippen LogP contribution is 2.18. The number of ether oxygens (including phenoxy) is 1. The van der Waals surface area contributed by atoms with Gasteiger partial charge in [0.05, 0.1) is 19.0 Å². The smallest absolute Gasteiger partial charge is 0.358 e. The third-order valence-corrected chi connectivity index (χ3v) is 2.81. The predicted octanol–water partition coefficient (Wildman–Crippen LogP) is 1.45. The molecule has 5 heteroatoms. The maximum atomic E-state index is 11.5.